The Morgan fingerprint density at radius 1 is 1.43 bits per heavy atom. The molecule has 0 atom stereocenters. The molecule has 0 bridgehead atoms. The standard InChI is InChI=1S/C11H14BrNO/c1-13-8-4-7-11(14)9-5-2-3-6-10(9)12/h2-3,5-6,13H,4,7-8H2,1H3. The predicted octanol–water partition coefficient (Wildman–Crippen LogP) is 2.63. The molecule has 1 N–H and O–H groups in total. The molecule has 0 aliphatic carbocycles. The number of carbonyl (C=O) groups excluding carboxylic acids is 1. The third-order valence-electron chi connectivity index (χ3n) is 2.00. The van der Waals surface area contributed by atoms with Crippen LogP contribution in [-0.2, 0) is 0 Å². The highest BCUT2D eigenvalue weighted by molar-refractivity contribution is 9.10. The van der Waals surface area contributed by atoms with Crippen LogP contribution in [-0.4, -0.2) is 19.4 Å². The van der Waals surface area contributed by atoms with Gasteiger partial charge in [0.25, 0.3) is 0 Å². The predicted molar refractivity (Wildman–Crippen MR) is 61.6 cm³/mol. The van der Waals surface area contributed by atoms with Crippen LogP contribution >= 0.6 is 15.9 Å². The molecule has 3 heteroatoms. The van der Waals surface area contributed by atoms with Crippen molar-refractivity contribution in [2.75, 3.05) is 13.6 Å². The highest BCUT2D eigenvalue weighted by atomic mass is 79.9. The van der Waals surface area contributed by atoms with Crippen LogP contribution in [0.25, 0.3) is 0 Å². The smallest absolute Gasteiger partial charge is 0.164 e. The Kier molecular flexibility index (Phi) is 4.84. The van der Waals surface area contributed by atoms with Gasteiger partial charge >= 0.3 is 0 Å². The number of carbonyl (C=O) groups is 1. The molecule has 14 heavy (non-hydrogen) atoms. The highest BCUT2D eigenvalue weighted by Gasteiger charge is 2.07. The molecule has 1 aromatic carbocycles. The summed E-state index contributed by atoms with van der Waals surface area (Å²) in [6, 6.07) is 7.54. The Morgan fingerprint density at radius 2 is 2.14 bits per heavy atom. The lowest BCUT2D eigenvalue weighted by Gasteiger charge is -2.02. The number of Topliss-reactive ketones (excluding diaryl/α,β-unsaturated/α-hetero) is 1. The maximum atomic E-state index is 11.7. The Labute approximate surface area is 92.8 Å². The summed E-state index contributed by atoms with van der Waals surface area (Å²) in [4.78, 5) is 11.7. The van der Waals surface area contributed by atoms with E-state index in [9.17, 15) is 4.79 Å². The Bertz CT molecular complexity index is 312. The van der Waals surface area contributed by atoms with E-state index in [1.165, 1.54) is 0 Å². The number of rotatable bonds is 5. The molecule has 0 amide bonds. The molecule has 0 saturated heterocycles. The summed E-state index contributed by atoms with van der Waals surface area (Å²) in [7, 11) is 1.89. The summed E-state index contributed by atoms with van der Waals surface area (Å²) in [6.07, 6.45) is 1.49. The lowest BCUT2D eigenvalue weighted by Crippen LogP contribution is -2.10. The minimum Gasteiger partial charge on any atom is -0.320 e. The molecule has 1 aromatic rings. The van der Waals surface area contributed by atoms with Gasteiger partial charge in [-0.2, -0.15) is 0 Å². The molecule has 0 unspecified atom stereocenters. The second-order valence-corrected chi connectivity index (χ2v) is 3.96. The van der Waals surface area contributed by atoms with Gasteiger partial charge in [0.15, 0.2) is 5.78 Å². The van der Waals surface area contributed by atoms with Crippen LogP contribution in [0.3, 0.4) is 0 Å². The first-order chi connectivity index (χ1) is 6.75. The summed E-state index contributed by atoms with van der Waals surface area (Å²) in [5.74, 6) is 0.202. The van der Waals surface area contributed by atoms with E-state index in [0.29, 0.717) is 6.42 Å². The van der Waals surface area contributed by atoms with Crippen molar-refractivity contribution in [3.63, 3.8) is 0 Å². The monoisotopic (exact) mass is 255 g/mol. The molecule has 76 valence electrons. The van der Waals surface area contributed by atoms with Crippen molar-refractivity contribution in [3.05, 3.63) is 34.3 Å². The third kappa shape index (κ3) is 3.24. The lowest BCUT2D eigenvalue weighted by molar-refractivity contribution is 0.0979. The normalized spacial score (nSPS) is 10.1. The number of nitrogens with one attached hydrogen (secondary N) is 1. The van der Waals surface area contributed by atoms with Crippen LogP contribution in [0.15, 0.2) is 28.7 Å². The van der Waals surface area contributed by atoms with Gasteiger partial charge in [0, 0.05) is 16.5 Å². The molecular weight excluding hydrogens is 242 g/mol. The zero-order valence-electron chi connectivity index (χ0n) is 8.22. The largest absolute Gasteiger partial charge is 0.320 e. The van der Waals surface area contributed by atoms with Crippen molar-refractivity contribution in [1.82, 2.24) is 5.32 Å². The van der Waals surface area contributed by atoms with Gasteiger partial charge < -0.3 is 5.32 Å². The molecule has 1 rings (SSSR count). The van der Waals surface area contributed by atoms with E-state index in [2.05, 4.69) is 21.2 Å². The van der Waals surface area contributed by atoms with Gasteiger partial charge in [-0.3, -0.25) is 4.79 Å². The van der Waals surface area contributed by atoms with Crippen LogP contribution in [0.2, 0.25) is 0 Å². The van der Waals surface area contributed by atoms with E-state index in [1.54, 1.807) is 0 Å². The van der Waals surface area contributed by atoms with Crippen molar-refractivity contribution < 1.29 is 4.79 Å². The molecule has 0 spiro atoms. The van der Waals surface area contributed by atoms with Gasteiger partial charge in [-0.1, -0.05) is 34.1 Å². The minimum absolute atomic E-state index is 0.202. The van der Waals surface area contributed by atoms with Crippen LogP contribution in [0.4, 0.5) is 0 Å². The van der Waals surface area contributed by atoms with Gasteiger partial charge in [-0.15, -0.1) is 0 Å². The summed E-state index contributed by atoms with van der Waals surface area (Å²) < 4.78 is 0.884. The summed E-state index contributed by atoms with van der Waals surface area (Å²) in [5.41, 5.74) is 0.781. The number of hydrogen-bond acceptors (Lipinski definition) is 2. The van der Waals surface area contributed by atoms with Crippen molar-refractivity contribution in [1.29, 1.82) is 0 Å². The maximum Gasteiger partial charge on any atom is 0.164 e. The van der Waals surface area contributed by atoms with Crippen LogP contribution < -0.4 is 5.32 Å². The van der Waals surface area contributed by atoms with E-state index in [1.807, 2.05) is 31.3 Å². The fraction of sp³-hybridized carbons (Fsp3) is 0.364. The molecule has 0 aliphatic rings. The average Bonchev–Trinajstić information content (AvgIpc) is 2.18. The van der Waals surface area contributed by atoms with Crippen molar-refractivity contribution in [2.45, 2.75) is 12.8 Å². The van der Waals surface area contributed by atoms with E-state index in [-0.39, 0.29) is 5.78 Å². The van der Waals surface area contributed by atoms with Gasteiger partial charge in [0.1, 0.15) is 0 Å². The maximum absolute atomic E-state index is 11.7. The Balaban J connectivity index is 2.56. The number of benzene rings is 1. The molecular formula is C11H14BrNO. The second-order valence-electron chi connectivity index (χ2n) is 3.11. The van der Waals surface area contributed by atoms with Crippen molar-refractivity contribution in [3.8, 4) is 0 Å². The quantitative estimate of drug-likeness (QED) is 0.648. The number of hydrogen-bond donors (Lipinski definition) is 1. The van der Waals surface area contributed by atoms with Crippen molar-refractivity contribution in [2.24, 2.45) is 0 Å². The van der Waals surface area contributed by atoms with E-state index in [4.69, 9.17) is 0 Å². The van der Waals surface area contributed by atoms with Gasteiger partial charge in [-0.25, -0.2) is 0 Å². The Hall–Kier alpha value is -0.670. The molecule has 0 aliphatic heterocycles. The minimum atomic E-state index is 0.202. The second kappa shape index (κ2) is 5.94. The molecule has 0 fully saturated rings. The fourth-order valence-electron chi connectivity index (χ4n) is 1.25. The molecule has 2 nitrogen and oxygen atoms in total. The zero-order valence-corrected chi connectivity index (χ0v) is 9.80. The number of halogens is 1. The molecule has 0 radical (unpaired) electrons. The van der Waals surface area contributed by atoms with E-state index in [0.717, 1.165) is 23.0 Å². The lowest BCUT2D eigenvalue weighted by atomic mass is 10.1. The van der Waals surface area contributed by atoms with Gasteiger partial charge in [0.2, 0.25) is 0 Å². The average molecular weight is 256 g/mol. The number of ketones is 1. The van der Waals surface area contributed by atoms with E-state index >= 15 is 0 Å². The third-order valence-corrected chi connectivity index (χ3v) is 2.70. The first-order valence-electron chi connectivity index (χ1n) is 4.68. The summed E-state index contributed by atoms with van der Waals surface area (Å²) in [5, 5.41) is 3.03. The molecule has 0 heterocycles. The zero-order chi connectivity index (χ0) is 10.4. The van der Waals surface area contributed by atoms with Gasteiger partial charge in [-0.05, 0) is 26.1 Å². The summed E-state index contributed by atoms with van der Waals surface area (Å²) >= 11 is 3.37. The first kappa shape index (κ1) is 11.4. The fourth-order valence-corrected chi connectivity index (χ4v) is 1.75. The highest BCUT2D eigenvalue weighted by Crippen LogP contribution is 2.17. The van der Waals surface area contributed by atoms with E-state index < -0.39 is 0 Å². The van der Waals surface area contributed by atoms with Crippen LogP contribution in [0, 0.1) is 0 Å². The molecule has 0 aromatic heterocycles. The van der Waals surface area contributed by atoms with Crippen LogP contribution in [0.5, 0.6) is 0 Å². The van der Waals surface area contributed by atoms with Crippen LogP contribution in [0.1, 0.15) is 23.2 Å². The van der Waals surface area contributed by atoms with Crippen molar-refractivity contribution >= 4 is 21.7 Å². The van der Waals surface area contributed by atoms with Gasteiger partial charge in [0.05, 0.1) is 0 Å². The summed E-state index contributed by atoms with van der Waals surface area (Å²) in [6.45, 7) is 0.885. The Morgan fingerprint density at radius 3 is 2.79 bits per heavy atom. The molecule has 0 saturated carbocycles. The SMILES string of the molecule is CNCCCC(=O)c1ccccc1Br. The first-order valence-corrected chi connectivity index (χ1v) is 5.47. The topological polar surface area (TPSA) is 29.1 Å².